The molecule has 5 rings (SSSR count). The zero-order valence-corrected chi connectivity index (χ0v) is 17.3. The number of alkyl halides is 1. The molecule has 3 unspecified atom stereocenters. The van der Waals surface area contributed by atoms with Gasteiger partial charge in [-0.15, -0.1) is 0 Å². The lowest BCUT2D eigenvalue weighted by molar-refractivity contribution is -0.129. The van der Waals surface area contributed by atoms with E-state index in [1.807, 2.05) is 23.4 Å². The zero-order valence-electron chi connectivity index (χ0n) is 17.3. The Morgan fingerprint density at radius 1 is 1.20 bits per heavy atom. The minimum absolute atomic E-state index is 0.0544. The molecule has 3 atom stereocenters. The van der Waals surface area contributed by atoms with Crippen molar-refractivity contribution in [3.05, 3.63) is 35.8 Å². The van der Waals surface area contributed by atoms with Crippen molar-refractivity contribution < 1.29 is 9.18 Å². The number of nitrogens with one attached hydrogen (secondary N) is 1. The van der Waals surface area contributed by atoms with E-state index in [0.29, 0.717) is 36.2 Å². The van der Waals surface area contributed by atoms with Crippen molar-refractivity contribution in [1.29, 1.82) is 0 Å². The Hall–Kier alpha value is -2.44. The smallest absolute Gasteiger partial charge is 0.249 e. The number of carbonyl (C=O) groups is 1. The van der Waals surface area contributed by atoms with Crippen molar-refractivity contribution in [2.24, 2.45) is 27.8 Å². The SMILES string of the molecule is O=C(C1=CCCC(F)C1)N1CCC(CN2C=CC3CC(C4C=NNC4)=NC=C32)CC1. The first-order valence-corrected chi connectivity index (χ1v) is 11.3. The van der Waals surface area contributed by atoms with Crippen LogP contribution < -0.4 is 5.43 Å². The van der Waals surface area contributed by atoms with Crippen LogP contribution in [0.4, 0.5) is 4.39 Å². The van der Waals surface area contributed by atoms with Gasteiger partial charge in [-0.2, -0.15) is 5.10 Å². The van der Waals surface area contributed by atoms with Gasteiger partial charge in [0.25, 0.3) is 0 Å². The van der Waals surface area contributed by atoms with Crippen LogP contribution in [0.5, 0.6) is 0 Å². The van der Waals surface area contributed by atoms with Crippen LogP contribution in [0, 0.1) is 17.8 Å². The molecule has 1 fully saturated rings. The molecular weight excluding hydrogens is 381 g/mol. The van der Waals surface area contributed by atoms with Crippen LogP contribution in [0.15, 0.2) is 45.9 Å². The molecule has 6 nitrogen and oxygen atoms in total. The second kappa shape index (κ2) is 8.36. The molecule has 5 aliphatic rings. The van der Waals surface area contributed by atoms with Gasteiger partial charge < -0.3 is 15.2 Å². The summed E-state index contributed by atoms with van der Waals surface area (Å²) < 4.78 is 13.7. The summed E-state index contributed by atoms with van der Waals surface area (Å²) in [7, 11) is 0. The summed E-state index contributed by atoms with van der Waals surface area (Å²) in [6.45, 7) is 3.37. The summed E-state index contributed by atoms with van der Waals surface area (Å²) >= 11 is 0. The Labute approximate surface area is 177 Å². The molecule has 0 aromatic rings. The molecule has 0 radical (unpaired) electrons. The maximum absolute atomic E-state index is 13.7. The first-order chi connectivity index (χ1) is 14.7. The Morgan fingerprint density at radius 2 is 2.07 bits per heavy atom. The number of likely N-dealkylation sites (tertiary alicyclic amines) is 1. The van der Waals surface area contributed by atoms with Crippen molar-refractivity contribution in [2.45, 2.75) is 44.7 Å². The maximum atomic E-state index is 13.7. The van der Waals surface area contributed by atoms with E-state index >= 15 is 0 Å². The standard InChI is InChI=1S/C23H30FN5O/c24-20-3-1-2-18(10-20)23(30)28-7-4-16(5-8-28)15-29-9-6-17-11-21(25-14-22(17)29)19-12-26-27-13-19/h2,6,9,12,14,16-17,19-20,27H,1,3-5,7-8,10-11,13,15H2. The number of fused-ring (bicyclic) bond motifs is 1. The minimum atomic E-state index is -0.856. The molecule has 4 aliphatic heterocycles. The number of hydrazone groups is 1. The second-order valence-corrected chi connectivity index (χ2v) is 9.07. The highest BCUT2D eigenvalue weighted by Gasteiger charge is 2.33. The van der Waals surface area contributed by atoms with E-state index in [4.69, 9.17) is 4.99 Å². The first kappa shape index (κ1) is 19.5. The average Bonchev–Trinajstić information content (AvgIpc) is 3.44. The summed E-state index contributed by atoms with van der Waals surface area (Å²) in [6, 6.07) is 0. The number of hydrogen-bond donors (Lipinski definition) is 1. The number of carbonyl (C=O) groups excluding carboxylic acids is 1. The average molecular weight is 412 g/mol. The van der Waals surface area contributed by atoms with E-state index in [0.717, 1.165) is 45.4 Å². The molecule has 7 heteroatoms. The zero-order chi connectivity index (χ0) is 20.5. The largest absolute Gasteiger partial charge is 0.350 e. The van der Waals surface area contributed by atoms with Crippen molar-refractivity contribution >= 4 is 17.8 Å². The quantitative estimate of drug-likeness (QED) is 0.774. The number of amides is 1. The van der Waals surface area contributed by atoms with Crippen molar-refractivity contribution in [1.82, 2.24) is 15.2 Å². The van der Waals surface area contributed by atoms with Gasteiger partial charge in [0.05, 0.1) is 5.92 Å². The van der Waals surface area contributed by atoms with Gasteiger partial charge in [0.2, 0.25) is 5.91 Å². The van der Waals surface area contributed by atoms with Crippen LogP contribution in [0.2, 0.25) is 0 Å². The number of allylic oxidation sites excluding steroid dienone is 2. The van der Waals surface area contributed by atoms with Gasteiger partial charge in [-0.3, -0.25) is 9.79 Å². The molecule has 0 aromatic carbocycles. The number of halogens is 1. The number of rotatable bonds is 4. The second-order valence-electron chi connectivity index (χ2n) is 9.07. The van der Waals surface area contributed by atoms with Crippen LogP contribution >= 0.6 is 0 Å². The van der Waals surface area contributed by atoms with E-state index < -0.39 is 6.17 Å². The highest BCUT2D eigenvalue weighted by Crippen LogP contribution is 2.34. The predicted molar refractivity (Wildman–Crippen MR) is 116 cm³/mol. The molecule has 0 bridgehead atoms. The summed E-state index contributed by atoms with van der Waals surface area (Å²) in [4.78, 5) is 21.7. The van der Waals surface area contributed by atoms with Gasteiger partial charge >= 0.3 is 0 Å². The van der Waals surface area contributed by atoms with Crippen LogP contribution in [-0.2, 0) is 4.79 Å². The van der Waals surface area contributed by atoms with Crippen LogP contribution in [0.3, 0.4) is 0 Å². The Morgan fingerprint density at radius 3 is 2.83 bits per heavy atom. The van der Waals surface area contributed by atoms with Crippen LogP contribution in [0.1, 0.15) is 38.5 Å². The van der Waals surface area contributed by atoms with Gasteiger partial charge in [-0.25, -0.2) is 4.39 Å². The van der Waals surface area contributed by atoms with Gasteiger partial charge in [-0.1, -0.05) is 12.2 Å². The van der Waals surface area contributed by atoms with Crippen molar-refractivity contribution in [3.8, 4) is 0 Å². The normalized spacial score (nSPS) is 31.2. The molecule has 4 heterocycles. The lowest BCUT2D eigenvalue weighted by atomic mass is 9.90. The van der Waals surface area contributed by atoms with E-state index in [-0.39, 0.29) is 12.3 Å². The summed E-state index contributed by atoms with van der Waals surface area (Å²) in [6.07, 6.45) is 14.1. The molecule has 0 spiro atoms. The lowest BCUT2D eigenvalue weighted by Gasteiger charge is -2.36. The van der Waals surface area contributed by atoms with Crippen LogP contribution in [0.25, 0.3) is 0 Å². The number of aliphatic imine (C=N–C) groups is 1. The fourth-order valence-electron chi connectivity index (χ4n) is 5.18. The molecular formula is C23H30FN5O. The number of piperidine rings is 1. The number of nitrogens with zero attached hydrogens (tertiary/aromatic N) is 4. The molecule has 1 saturated heterocycles. The molecule has 30 heavy (non-hydrogen) atoms. The Balaban J connectivity index is 1.15. The van der Waals surface area contributed by atoms with Gasteiger partial charge in [0.1, 0.15) is 6.17 Å². The predicted octanol–water partition coefficient (Wildman–Crippen LogP) is 3.01. The molecule has 1 N–H and O–H groups in total. The lowest BCUT2D eigenvalue weighted by Crippen LogP contribution is -2.42. The van der Waals surface area contributed by atoms with E-state index in [9.17, 15) is 9.18 Å². The van der Waals surface area contributed by atoms with Gasteiger partial charge in [0, 0.05) is 74.1 Å². The highest BCUT2D eigenvalue weighted by atomic mass is 19.1. The third-order valence-corrected chi connectivity index (χ3v) is 7.03. The first-order valence-electron chi connectivity index (χ1n) is 11.3. The molecule has 1 amide bonds. The topological polar surface area (TPSA) is 60.3 Å². The molecule has 160 valence electrons. The summed E-state index contributed by atoms with van der Waals surface area (Å²) in [5, 5.41) is 4.11. The molecule has 1 aliphatic carbocycles. The molecule has 0 aromatic heterocycles. The fraction of sp³-hybridized carbons (Fsp3) is 0.609. The van der Waals surface area contributed by atoms with E-state index in [2.05, 4.69) is 27.7 Å². The Bertz CT molecular complexity index is 837. The van der Waals surface area contributed by atoms with Crippen molar-refractivity contribution in [3.63, 3.8) is 0 Å². The van der Waals surface area contributed by atoms with Gasteiger partial charge in [0.15, 0.2) is 0 Å². The van der Waals surface area contributed by atoms with Gasteiger partial charge in [-0.05, 0) is 38.0 Å². The van der Waals surface area contributed by atoms with Crippen LogP contribution in [-0.4, -0.2) is 60.0 Å². The third kappa shape index (κ3) is 3.94. The fourth-order valence-corrected chi connectivity index (χ4v) is 5.18. The van der Waals surface area contributed by atoms with E-state index in [1.54, 1.807) is 0 Å². The number of hydrogen-bond acceptors (Lipinski definition) is 5. The maximum Gasteiger partial charge on any atom is 0.249 e. The third-order valence-electron chi connectivity index (χ3n) is 7.03. The monoisotopic (exact) mass is 411 g/mol. The van der Waals surface area contributed by atoms with E-state index in [1.165, 1.54) is 11.4 Å². The Kier molecular flexibility index (Phi) is 5.44. The highest BCUT2D eigenvalue weighted by molar-refractivity contribution is 6.00. The summed E-state index contributed by atoms with van der Waals surface area (Å²) in [5.74, 6) is 1.35. The summed E-state index contributed by atoms with van der Waals surface area (Å²) in [5.41, 5.74) is 6.20. The minimum Gasteiger partial charge on any atom is -0.350 e. The molecule has 0 saturated carbocycles. The van der Waals surface area contributed by atoms with Crippen molar-refractivity contribution in [2.75, 3.05) is 26.2 Å².